The van der Waals surface area contributed by atoms with Gasteiger partial charge in [-0.2, -0.15) is 0 Å². The van der Waals surface area contributed by atoms with Gasteiger partial charge in [-0.1, -0.05) is 36.4 Å². The maximum Gasteiger partial charge on any atom is 0.290 e. The fraction of sp³-hybridized carbons (Fsp3) is 0.211. The van der Waals surface area contributed by atoms with Crippen molar-refractivity contribution in [2.24, 2.45) is 4.99 Å². The van der Waals surface area contributed by atoms with Crippen LogP contribution in [0.15, 0.2) is 65.7 Å². The number of hydrazine groups is 1. The van der Waals surface area contributed by atoms with E-state index in [0.717, 1.165) is 5.75 Å². The quantitative estimate of drug-likeness (QED) is 0.854. The van der Waals surface area contributed by atoms with E-state index in [0.29, 0.717) is 18.8 Å². The number of benzene rings is 2. The molecule has 0 spiro atoms. The summed E-state index contributed by atoms with van der Waals surface area (Å²) in [7, 11) is 1.67. The summed E-state index contributed by atoms with van der Waals surface area (Å²) in [6, 6.07) is 18.5. The Bertz CT molecular complexity index is 793. The number of amides is 2. The lowest BCUT2D eigenvalue weighted by Gasteiger charge is -2.29. The molecule has 2 aromatic carbocycles. The van der Waals surface area contributed by atoms with Crippen LogP contribution in [0.4, 0.5) is 5.69 Å². The molecule has 0 saturated carbocycles. The highest BCUT2D eigenvalue weighted by molar-refractivity contribution is 6.39. The average molecular weight is 352 g/mol. The maximum atomic E-state index is 12.6. The van der Waals surface area contributed by atoms with Crippen LogP contribution >= 0.6 is 0 Å². The molecule has 0 aromatic heterocycles. The Morgan fingerprint density at radius 2 is 1.81 bits per heavy atom. The SMILES string of the molecule is CN(CCOc1ccccc1)C(=O)C1=NCC(=O)N(c2ccccc2)N1. The van der Waals surface area contributed by atoms with Crippen LogP contribution in [0.2, 0.25) is 0 Å². The van der Waals surface area contributed by atoms with Gasteiger partial charge >= 0.3 is 0 Å². The molecule has 1 aliphatic rings. The normalized spacial score (nSPS) is 13.7. The van der Waals surface area contributed by atoms with Gasteiger partial charge in [0.1, 0.15) is 18.9 Å². The minimum Gasteiger partial charge on any atom is -0.492 e. The van der Waals surface area contributed by atoms with Crippen molar-refractivity contribution in [3.63, 3.8) is 0 Å². The molecule has 3 rings (SSSR count). The molecule has 7 heteroatoms. The van der Waals surface area contributed by atoms with Crippen molar-refractivity contribution in [2.75, 3.05) is 31.8 Å². The van der Waals surface area contributed by atoms with E-state index in [1.54, 1.807) is 19.2 Å². The fourth-order valence-electron chi connectivity index (χ4n) is 2.42. The second kappa shape index (κ2) is 8.15. The summed E-state index contributed by atoms with van der Waals surface area (Å²) in [6.07, 6.45) is 0. The zero-order valence-electron chi connectivity index (χ0n) is 14.5. The van der Waals surface area contributed by atoms with E-state index < -0.39 is 0 Å². The highest BCUT2D eigenvalue weighted by Gasteiger charge is 2.27. The number of carbonyl (C=O) groups is 2. The minimum atomic E-state index is -0.296. The Hall–Kier alpha value is -3.35. The Kier molecular flexibility index (Phi) is 5.48. The molecule has 1 aliphatic heterocycles. The number of nitrogens with one attached hydrogen (secondary N) is 1. The molecule has 0 aliphatic carbocycles. The van der Waals surface area contributed by atoms with Crippen molar-refractivity contribution in [3.8, 4) is 5.75 Å². The van der Waals surface area contributed by atoms with Crippen LogP contribution in [0.5, 0.6) is 5.75 Å². The van der Waals surface area contributed by atoms with Crippen LogP contribution in [0.25, 0.3) is 0 Å². The number of rotatable bonds is 6. The van der Waals surface area contributed by atoms with Crippen molar-refractivity contribution in [1.82, 2.24) is 10.3 Å². The number of amidine groups is 1. The molecular formula is C19H20N4O3. The first-order chi connectivity index (χ1) is 12.6. The number of hydrogen-bond donors (Lipinski definition) is 1. The van der Waals surface area contributed by atoms with Crippen LogP contribution < -0.4 is 15.2 Å². The second-order valence-corrected chi connectivity index (χ2v) is 5.73. The van der Waals surface area contributed by atoms with E-state index in [1.807, 2.05) is 48.5 Å². The summed E-state index contributed by atoms with van der Waals surface area (Å²) in [4.78, 5) is 30.2. The number of para-hydroxylation sites is 2. The molecule has 0 saturated heterocycles. The van der Waals surface area contributed by atoms with E-state index in [4.69, 9.17) is 4.74 Å². The lowest BCUT2D eigenvalue weighted by atomic mass is 10.3. The van der Waals surface area contributed by atoms with Gasteiger partial charge in [0.2, 0.25) is 5.84 Å². The third-order valence-corrected chi connectivity index (χ3v) is 3.84. The van der Waals surface area contributed by atoms with E-state index in [-0.39, 0.29) is 24.2 Å². The first-order valence-corrected chi connectivity index (χ1v) is 8.27. The largest absolute Gasteiger partial charge is 0.492 e. The average Bonchev–Trinajstić information content (AvgIpc) is 2.69. The van der Waals surface area contributed by atoms with Gasteiger partial charge in [-0.3, -0.25) is 20.0 Å². The third kappa shape index (κ3) is 4.18. The number of likely N-dealkylation sites (N-methyl/N-ethyl adjacent to an activating group) is 1. The fourth-order valence-corrected chi connectivity index (χ4v) is 2.42. The highest BCUT2D eigenvalue weighted by Crippen LogP contribution is 2.13. The molecule has 2 aromatic rings. The molecule has 0 atom stereocenters. The first-order valence-electron chi connectivity index (χ1n) is 8.27. The standard InChI is InChI=1S/C19H20N4O3/c1-22(12-13-26-16-10-6-3-7-11-16)19(25)18-20-14-17(24)23(21-18)15-8-4-2-5-9-15/h2-11H,12-14H2,1H3,(H,20,21). The van der Waals surface area contributed by atoms with Crippen molar-refractivity contribution in [3.05, 3.63) is 60.7 Å². The minimum absolute atomic E-state index is 0.0721. The Balaban J connectivity index is 1.57. The number of anilines is 1. The van der Waals surface area contributed by atoms with Crippen LogP contribution in [0, 0.1) is 0 Å². The molecular weight excluding hydrogens is 332 g/mol. The van der Waals surface area contributed by atoms with Crippen LogP contribution in [0.3, 0.4) is 0 Å². The third-order valence-electron chi connectivity index (χ3n) is 3.84. The summed E-state index contributed by atoms with van der Waals surface area (Å²) in [5.41, 5.74) is 3.47. The number of aliphatic imine (C=N–C) groups is 1. The smallest absolute Gasteiger partial charge is 0.290 e. The van der Waals surface area contributed by atoms with Gasteiger partial charge in [0.15, 0.2) is 0 Å². The van der Waals surface area contributed by atoms with Gasteiger partial charge in [-0.05, 0) is 24.3 Å². The van der Waals surface area contributed by atoms with Gasteiger partial charge in [-0.15, -0.1) is 0 Å². The monoisotopic (exact) mass is 352 g/mol. The number of hydrogen-bond acceptors (Lipinski definition) is 5. The summed E-state index contributed by atoms with van der Waals surface area (Å²) in [5.74, 6) is 0.371. The van der Waals surface area contributed by atoms with E-state index in [9.17, 15) is 9.59 Å². The van der Waals surface area contributed by atoms with Gasteiger partial charge in [0, 0.05) is 7.05 Å². The molecule has 26 heavy (non-hydrogen) atoms. The maximum absolute atomic E-state index is 12.6. The molecule has 0 fully saturated rings. The summed E-state index contributed by atoms with van der Waals surface area (Å²) >= 11 is 0. The Morgan fingerprint density at radius 1 is 1.15 bits per heavy atom. The van der Waals surface area contributed by atoms with Gasteiger partial charge in [-0.25, -0.2) is 5.01 Å². The predicted molar refractivity (Wildman–Crippen MR) is 98.9 cm³/mol. The summed E-state index contributed by atoms with van der Waals surface area (Å²) < 4.78 is 5.60. The number of carbonyl (C=O) groups excluding carboxylic acids is 2. The summed E-state index contributed by atoms with van der Waals surface area (Å²) in [6.45, 7) is 0.686. The van der Waals surface area contributed by atoms with Crippen molar-refractivity contribution in [1.29, 1.82) is 0 Å². The topological polar surface area (TPSA) is 74.2 Å². The number of ether oxygens (including phenoxy) is 1. The molecule has 0 radical (unpaired) electrons. The first kappa shape index (κ1) is 17.5. The molecule has 1 heterocycles. The van der Waals surface area contributed by atoms with Crippen molar-refractivity contribution >= 4 is 23.3 Å². The lowest BCUT2D eigenvalue weighted by Crippen LogP contribution is -2.56. The van der Waals surface area contributed by atoms with Crippen LogP contribution in [-0.4, -0.2) is 49.3 Å². The predicted octanol–water partition coefficient (Wildman–Crippen LogP) is 1.47. The van der Waals surface area contributed by atoms with Gasteiger partial charge < -0.3 is 9.64 Å². The molecule has 1 N–H and O–H groups in total. The summed E-state index contributed by atoms with van der Waals surface area (Å²) in [5, 5.41) is 1.34. The van der Waals surface area contributed by atoms with Crippen LogP contribution in [0.1, 0.15) is 0 Å². The molecule has 2 amide bonds. The van der Waals surface area contributed by atoms with Gasteiger partial charge in [0.25, 0.3) is 11.8 Å². The molecule has 0 unspecified atom stereocenters. The molecule has 134 valence electrons. The zero-order chi connectivity index (χ0) is 18.4. The van der Waals surface area contributed by atoms with Crippen molar-refractivity contribution in [2.45, 2.75) is 0 Å². The number of nitrogens with zero attached hydrogens (tertiary/aromatic N) is 3. The van der Waals surface area contributed by atoms with E-state index >= 15 is 0 Å². The molecule has 7 nitrogen and oxygen atoms in total. The lowest BCUT2D eigenvalue weighted by molar-refractivity contribution is -0.123. The highest BCUT2D eigenvalue weighted by atomic mass is 16.5. The second-order valence-electron chi connectivity index (χ2n) is 5.73. The molecule has 0 bridgehead atoms. The van der Waals surface area contributed by atoms with Crippen LogP contribution in [-0.2, 0) is 9.59 Å². The Labute approximate surface area is 151 Å². The van der Waals surface area contributed by atoms with E-state index in [1.165, 1.54) is 9.91 Å². The Morgan fingerprint density at radius 3 is 2.50 bits per heavy atom. The van der Waals surface area contributed by atoms with Crippen molar-refractivity contribution < 1.29 is 14.3 Å². The zero-order valence-corrected chi connectivity index (χ0v) is 14.5. The van der Waals surface area contributed by atoms with Gasteiger partial charge in [0.05, 0.1) is 12.2 Å². The van der Waals surface area contributed by atoms with E-state index in [2.05, 4.69) is 10.4 Å².